The highest BCUT2D eigenvalue weighted by Gasteiger charge is 2.20. The third-order valence-electron chi connectivity index (χ3n) is 1.57. The second-order valence-corrected chi connectivity index (χ2v) is 3.99. The molecule has 0 saturated carbocycles. The van der Waals surface area contributed by atoms with Crippen LogP contribution in [0.2, 0.25) is 0 Å². The van der Waals surface area contributed by atoms with Gasteiger partial charge in [0.1, 0.15) is 5.25 Å². The average molecular weight is 199 g/mol. The van der Waals surface area contributed by atoms with E-state index in [1.165, 1.54) is 30.6 Å². The van der Waals surface area contributed by atoms with Crippen LogP contribution in [0.25, 0.3) is 0 Å². The molecule has 0 aromatic carbocycles. The van der Waals surface area contributed by atoms with Gasteiger partial charge in [-0.25, -0.2) is 0 Å². The van der Waals surface area contributed by atoms with Crippen LogP contribution in [0.3, 0.4) is 0 Å². The Bertz CT molecular complexity index is 385. The Labute approximate surface area is 76.7 Å². The van der Waals surface area contributed by atoms with Crippen LogP contribution in [-0.4, -0.2) is 18.0 Å². The normalized spacial score (nSPS) is 13.6. The zero-order valence-electron chi connectivity index (χ0n) is 6.79. The van der Waals surface area contributed by atoms with Crippen molar-refractivity contribution in [2.75, 3.05) is 0 Å². The summed E-state index contributed by atoms with van der Waals surface area (Å²) >= 11 is 0. The van der Waals surface area contributed by atoms with Crippen LogP contribution in [0, 0.1) is 0 Å². The van der Waals surface area contributed by atoms with Crippen LogP contribution in [0.5, 0.6) is 0 Å². The smallest absolute Gasteiger partial charge is 0.275 e. The number of hydrogen-bond donors (Lipinski definition) is 1. The molecule has 1 N–H and O–H groups in total. The molecule has 1 aromatic rings. The molecule has 0 fully saturated rings. The van der Waals surface area contributed by atoms with E-state index in [-0.39, 0.29) is 0 Å². The quantitative estimate of drug-likeness (QED) is 0.586. The number of rotatable bonds is 3. The topological polar surface area (TPSA) is 67.3 Å². The Morgan fingerprint density at radius 3 is 2.38 bits per heavy atom. The lowest BCUT2D eigenvalue weighted by Crippen LogP contribution is -2.09. The minimum atomic E-state index is -4.11. The summed E-state index contributed by atoms with van der Waals surface area (Å²) in [6.07, 6.45) is 4.08. The van der Waals surface area contributed by atoms with Gasteiger partial charge in [0.15, 0.2) is 0 Å². The molecule has 13 heavy (non-hydrogen) atoms. The molecule has 1 heterocycles. The van der Waals surface area contributed by atoms with Crippen LogP contribution in [0.15, 0.2) is 37.2 Å². The summed E-state index contributed by atoms with van der Waals surface area (Å²) in [5.41, 5.74) is 0.451. The molecule has 1 aromatic heterocycles. The fraction of sp³-hybridized carbons (Fsp3) is 0.125. The van der Waals surface area contributed by atoms with Crippen molar-refractivity contribution in [2.24, 2.45) is 0 Å². The Morgan fingerprint density at radius 1 is 1.46 bits per heavy atom. The molecular formula is C8H9NO3S. The summed E-state index contributed by atoms with van der Waals surface area (Å²) in [6.45, 7) is 3.34. The first-order valence-electron chi connectivity index (χ1n) is 3.54. The molecular weight excluding hydrogens is 190 g/mol. The molecule has 0 aliphatic heterocycles. The molecule has 5 heteroatoms. The van der Waals surface area contributed by atoms with Crippen molar-refractivity contribution < 1.29 is 13.0 Å². The van der Waals surface area contributed by atoms with Gasteiger partial charge in [-0.05, 0) is 17.7 Å². The maximum atomic E-state index is 10.8. The van der Waals surface area contributed by atoms with Gasteiger partial charge in [0.25, 0.3) is 10.1 Å². The number of aromatic nitrogens is 1. The molecule has 0 saturated heterocycles. The minimum Gasteiger partial charge on any atom is -0.285 e. The Hall–Kier alpha value is -1.20. The van der Waals surface area contributed by atoms with Crippen LogP contribution >= 0.6 is 0 Å². The standard InChI is InChI=1S/C8H9NO3S/c1-2-8(13(10,11)12)7-3-5-9-6-4-7/h2-6,8H,1H2,(H,10,11,12). The molecule has 0 bridgehead atoms. The van der Waals surface area contributed by atoms with Crippen molar-refractivity contribution in [2.45, 2.75) is 5.25 Å². The summed E-state index contributed by atoms with van der Waals surface area (Å²) in [5, 5.41) is -1.07. The first kappa shape index (κ1) is 9.88. The van der Waals surface area contributed by atoms with Gasteiger partial charge < -0.3 is 0 Å². The van der Waals surface area contributed by atoms with Crippen LogP contribution in [0.1, 0.15) is 10.8 Å². The second kappa shape index (κ2) is 3.68. The maximum Gasteiger partial charge on any atom is 0.275 e. The van der Waals surface area contributed by atoms with E-state index < -0.39 is 15.4 Å². The van der Waals surface area contributed by atoms with E-state index in [9.17, 15) is 8.42 Å². The zero-order chi connectivity index (χ0) is 9.90. The van der Waals surface area contributed by atoms with Gasteiger partial charge in [0.05, 0.1) is 0 Å². The van der Waals surface area contributed by atoms with Crippen molar-refractivity contribution in [3.05, 3.63) is 42.7 Å². The first-order valence-corrected chi connectivity index (χ1v) is 5.05. The highest BCUT2D eigenvalue weighted by Crippen LogP contribution is 2.21. The van der Waals surface area contributed by atoms with Crippen LogP contribution < -0.4 is 0 Å². The van der Waals surface area contributed by atoms with Gasteiger partial charge >= 0.3 is 0 Å². The zero-order valence-corrected chi connectivity index (χ0v) is 7.61. The lowest BCUT2D eigenvalue weighted by molar-refractivity contribution is 0.476. The molecule has 0 aliphatic rings. The highest BCUT2D eigenvalue weighted by molar-refractivity contribution is 7.86. The van der Waals surface area contributed by atoms with Crippen molar-refractivity contribution in [3.8, 4) is 0 Å². The Morgan fingerprint density at radius 2 is 2.00 bits per heavy atom. The molecule has 0 aliphatic carbocycles. The van der Waals surface area contributed by atoms with Gasteiger partial charge in [-0.15, -0.1) is 6.58 Å². The molecule has 0 radical (unpaired) electrons. The second-order valence-electron chi connectivity index (χ2n) is 2.45. The number of hydrogen-bond acceptors (Lipinski definition) is 3. The highest BCUT2D eigenvalue weighted by atomic mass is 32.2. The molecule has 1 unspecified atom stereocenters. The van der Waals surface area contributed by atoms with Crippen LogP contribution in [0.4, 0.5) is 0 Å². The molecule has 4 nitrogen and oxygen atoms in total. The van der Waals surface area contributed by atoms with Gasteiger partial charge in [-0.3, -0.25) is 9.54 Å². The van der Waals surface area contributed by atoms with E-state index >= 15 is 0 Å². The first-order chi connectivity index (χ1) is 6.05. The van der Waals surface area contributed by atoms with Crippen molar-refractivity contribution in [3.63, 3.8) is 0 Å². The summed E-state index contributed by atoms with van der Waals surface area (Å²) in [7, 11) is -4.11. The van der Waals surface area contributed by atoms with Gasteiger partial charge in [-0.1, -0.05) is 6.08 Å². The number of pyridine rings is 1. The van der Waals surface area contributed by atoms with Crippen LogP contribution in [-0.2, 0) is 10.1 Å². The fourth-order valence-corrected chi connectivity index (χ4v) is 1.73. The van der Waals surface area contributed by atoms with E-state index in [1.54, 1.807) is 0 Å². The van der Waals surface area contributed by atoms with E-state index in [0.29, 0.717) is 5.56 Å². The lowest BCUT2D eigenvalue weighted by atomic mass is 10.2. The summed E-state index contributed by atoms with van der Waals surface area (Å²) < 4.78 is 30.5. The molecule has 70 valence electrons. The van der Waals surface area contributed by atoms with E-state index in [1.807, 2.05) is 0 Å². The van der Waals surface area contributed by atoms with Crippen molar-refractivity contribution in [1.29, 1.82) is 0 Å². The van der Waals surface area contributed by atoms with Gasteiger partial charge in [0, 0.05) is 12.4 Å². The third-order valence-corrected chi connectivity index (χ3v) is 2.68. The predicted molar refractivity (Wildman–Crippen MR) is 48.7 cm³/mol. The largest absolute Gasteiger partial charge is 0.285 e. The van der Waals surface area contributed by atoms with Crippen molar-refractivity contribution in [1.82, 2.24) is 4.98 Å². The lowest BCUT2D eigenvalue weighted by Gasteiger charge is -2.07. The molecule has 1 atom stereocenters. The van der Waals surface area contributed by atoms with Crippen molar-refractivity contribution >= 4 is 10.1 Å². The number of nitrogens with zero attached hydrogens (tertiary/aromatic N) is 1. The van der Waals surface area contributed by atoms with Gasteiger partial charge in [-0.2, -0.15) is 8.42 Å². The predicted octanol–water partition coefficient (Wildman–Crippen LogP) is 1.20. The summed E-state index contributed by atoms with van der Waals surface area (Å²) in [4.78, 5) is 3.73. The molecule has 0 spiro atoms. The molecule has 1 rings (SSSR count). The van der Waals surface area contributed by atoms with Gasteiger partial charge in [0.2, 0.25) is 0 Å². The summed E-state index contributed by atoms with van der Waals surface area (Å²) in [6, 6.07) is 3.03. The monoisotopic (exact) mass is 199 g/mol. The molecule has 0 amide bonds. The average Bonchev–Trinajstić information content (AvgIpc) is 2.05. The fourth-order valence-electron chi connectivity index (χ4n) is 0.983. The Kier molecular flexibility index (Phi) is 2.79. The Balaban J connectivity index is 3.13. The van der Waals surface area contributed by atoms with E-state index in [2.05, 4.69) is 11.6 Å². The minimum absolute atomic E-state index is 0.451. The maximum absolute atomic E-state index is 10.8. The van der Waals surface area contributed by atoms with E-state index in [0.717, 1.165) is 0 Å². The SMILES string of the molecule is C=CC(c1ccncc1)S(=O)(=O)O. The third kappa shape index (κ3) is 2.37. The summed E-state index contributed by atoms with van der Waals surface area (Å²) in [5.74, 6) is 0. The van der Waals surface area contributed by atoms with E-state index in [4.69, 9.17) is 4.55 Å².